The number of rotatable bonds is 2. The van der Waals surface area contributed by atoms with Crippen molar-refractivity contribution in [2.24, 2.45) is 0 Å². The van der Waals surface area contributed by atoms with Gasteiger partial charge >= 0.3 is 0 Å². The molecule has 0 saturated heterocycles. The third-order valence-corrected chi connectivity index (χ3v) is 6.15. The first-order chi connectivity index (χ1) is 15.0. The fraction of sp³-hybridized carbons (Fsp3) is 0.625. The third kappa shape index (κ3) is 6.97. The molecule has 0 spiro atoms. The average Bonchev–Trinajstić information content (AvgIpc) is 2.78. The molecular weight excluding hydrogens is 394 g/mol. The molecule has 0 aromatic heterocycles. The first-order valence-corrected chi connectivity index (χ1v) is 11.6. The molecule has 1 aliphatic heterocycles. The van der Waals surface area contributed by atoms with E-state index < -0.39 is 11.9 Å². The van der Waals surface area contributed by atoms with E-state index in [-0.39, 0.29) is 24.3 Å². The smallest absolute Gasteiger partial charge is 0.255 e. The van der Waals surface area contributed by atoms with Gasteiger partial charge in [-0.15, -0.1) is 0 Å². The highest BCUT2D eigenvalue weighted by Gasteiger charge is 2.28. The minimum Gasteiger partial charge on any atom is -0.493 e. The van der Waals surface area contributed by atoms with Gasteiger partial charge in [0.05, 0.1) is 18.6 Å². The Hall–Kier alpha value is -2.57. The van der Waals surface area contributed by atoms with Crippen molar-refractivity contribution in [1.29, 1.82) is 0 Å². The number of fused-ring (bicyclic) bond motifs is 1. The number of para-hydroxylation sites is 1. The van der Waals surface area contributed by atoms with Crippen LogP contribution in [-0.2, 0) is 9.59 Å². The Bertz CT molecular complexity index is 761. The van der Waals surface area contributed by atoms with Gasteiger partial charge in [0.15, 0.2) is 0 Å². The Morgan fingerprint density at radius 2 is 1.74 bits per heavy atom. The summed E-state index contributed by atoms with van der Waals surface area (Å²) in [5, 5.41) is 5.86. The van der Waals surface area contributed by atoms with Crippen molar-refractivity contribution in [3.63, 3.8) is 0 Å². The summed E-state index contributed by atoms with van der Waals surface area (Å²) < 4.78 is 5.85. The van der Waals surface area contributed by atoms with E-state index in [4.69, 9.17) is 4.74 Å². The molecule has 3 amide bonds. The molecule has 2 N–H and O–H groups in total. The zero-order valence-electron chi connectivity index (χ0n) is 18.5. The second kappa shape index (κ2) is 11.7. The Morgan fingerprint density at radius 3 is 2.55 bits per heavy atom. The summed E-state index contributed by atoms with van der Waals surface area (Å²) in [6, 6.07) is 6.24. The van der Waals surface area contributed by atoms with E-state index in [0.29, 0.717) is 24.5 Å². The van der Waals surface area contributed by atoms with Gasteiger partial charge in [-0.3, -0.25) is 14.4 Å². The maximum Gasteiger partial charge on any atom is 0.255 e. The molecule has 0 radical (unpaired) electrons. The van der Waals surface area contributed by atoms with Crippen molar-refractivity contribution in [3.05, 3.63) is 29.8 Å². The highest BCUT2D eigenvalue weighted by molar-refractivity contribution is 6.00. The predicted molar refractivity (Wildman–Crippen MR) is 119 cm³/mol. The van der Waals surface area contributed by atoms with E-state index in [1.165, 1.54) is 6.42 Å². The lowest BCUT2D eigenvalue weighted by Crippen LogP contribution is -2.52. The molecule has 3 rings (SSSR count). The van der Waals surface area contributed by atoms with Crippen LogP contribution in [0.2, 0.25) is 0 Å². The Morgan fingerprint density at radius 1 is 1.03 bits per heavy atom. The van der Waals surface area contributed by atoms with E-state index >= 15 is 0 Å². The van der Waals surface area contributed by atoms with Gasteiger partial charge in [-0.1, -0.05) is 44.2 Å². The standard InChI is InChI=1S/C24H35N3O4/c1-27-15-9-2-3-10-16-31-21-14-8-7-13-19(21)23(29)26-20(17-22(27)28)24(30)25-18-11-5-4-6-12-18/h7-8,13-14,18,20H,2-6,9-12,15-17H2,1H3,(H,25,30)(H,26,29)/t20-/m0/s1. The molecule has 1 atom stereocenters. The lowest BCUT2D eigenvalue weighted by atomic mass is 9.95. The largest absolute Gasteiger partial charge is 0.493 e. The number of amides is 3. The molecule has 1 aliphatic carbocycles. The van der Waals surface area contributed by atoms with Crippen molar-refractivity contribution in [1.82, 2.24) is 15.5 Å². The number of nitrogens with one attached hydrogen (secondary N) is 2. The summed E-state index contributed by atoms with van der Waals surface area (Å²) in [5.74, 6) is -0.317. The zero-order chi connectivity index (χ0) is 22.1. The van der Waals surface area contributed by atoms with E-state index in [1.807, 2.05) is 6.07 Å². The number of carbonyl (C=O) groups excluding carboxylic acids is 3. The molecule has 1 heterocycles. The quantitative estimate of drug-likeness (QED) is 0.756. The van der Waals surface area contributed by atoms with Crippen molar-refractivity contribution >= 4 is 17.7 Å². The molecule has 1 fully saturated rings. The van der Waals surface area contributed by atoms with Crippen LogP contribution in [-0.4, -0.2) is 54.9 Å². The number of carbonyl (C=O) groups is 3. The number of hydrogen-bond acceptors (Lipinski definition) is 4. The van der Waals surface area contributed by atoms with E-state index in [9.17, 15) is 14.4 Å². The van der Waals surface area contributed by atoms with Crippen LogP contribution < -0.4 is 15.4 Å². The highest BCUT2D eigenvalue weighted by Crippen LogP contribution is 2.20. The molecule has 2 aliphatic rings. The fourth-order valence-corrected chi connectivity index (χ4v) is 4.22. The van der Waals surface area contributed by atoms with Crippen molar-refractivity contribution in [3.8, 4) is 5.75 Å². The van der Waals surface area contributed by atoms with E-state index in [0.717, 1.165) is 51.4 Å². The molecule has 1 aromatic rings. The van der Waals surface area contributed by atoms with Crippen LogP contribution in [0, 0.1) is 0 Å². The lowest BCUT2D eigenvalue weighted by Gasteiger charge is -2.27. The zero-order valence-corrected chi connectivity index (χ0v) is 18.5. The normalized spacial score (nSPS) is 22.4. The van der Waals surface area contributed by atoms with Gasteiger partial charge in [0.2, 0.25) is 11.8 Å². The van der Waals surface area contributed by atoms with Gasteiger partial charge in [-0.25, -0.2) is 0 Å². The van der Waals surface area contributed by atoms with Crippen LogP contribution in [0.15, 0.2) is 24.3 Å². The Balaban J connectivity index is 1.78. The maximum atomic E-state index is 13.0. The van der Waals surface area contributed by atoms with Gasteiger partial charge in [0.1, 0.15) is 11.8 Å². The fourth-order valence-electron chi connectivity index (χ4n) is 4.22. The number of hydrogen-bond donors (Lipinski definition) is 2. The van der Waals surface area contributed by atoms with Crippen LogP contribution >= 0.6 is 0 Å². The summed E-state index contributed by atoms with van der Waals surface area (Å²) >= 11 is 0. The topological polar surface area (TPSA) is 87.7 Å². The van der Waals surface area contributed by atoms with Crippen molar-refractivity contribution in [2.75, 3.05) is 20.2 Å². The van der Waals surface area contributed by atoms with Crippen molar-refractivity contribution < 1.29 is 19.1 Å². The monoisotopic (exact) mass is 429 g/mol. The molecule has 0 bridgehead atoms. The highest BCUT2D eigenvalue weighted by atomic mass is 16.5. The van der Waals surface area contributed by atoms with Crippen LogP contribution in [0.25, 0.3) is 0 Å². The van der Waals surface area contributed by atoms with Gasteiger partial charge in [-0.2, -0.15) is 0 Å². The molecule has 31 heavy (non-hydrogen) atoms. The minimum absolute atomic E-state index is 0.0518. The van der Waals surface area contributed by atoms with Crippen LogP contribution in [0.1, 0.15) is 74.6 Å². The first kappa shape index (κ1) is 23.1. The van der Waals surface area contributed by atoms with Gasteiger partial charge in [0.25, 0.3) is 5.91 Å². The molecular formula is C24H35N3O4. The molecule has 1 saturated carbocycles. The molecule has 170 valence electrons. The van der Waals surface area contributed by atoms with E-state index in [2.05, 4.69) is 10.6 Å². The van der Waals surface area contributed by atoms with Gasteiger partial charge < -0.3 is 20.3 Å². The van der Waals surface area contributed by atoms with Crippen LogP contribution in [0.5, 0.6) is 5.75 Å². The minimum atomic E-state index is -0.914. The predicted octanol–water partition coefficient (Wildman–Crippen LogP) is 3.04. The maximum absolute atomic E-state index is 13.0. The molecule has 0 unspecified atom stereocenters. The number of nitrogens with zero attached hydrogens (tertiary/aromatic N) is 1. The summed E-state index contributed by atoms with van der Waals surface area (Å²) in [6.45, 7) is 1.18. The molecule has 7 heteroatoms. The summed E-state index contributed by atoms with van der Waals surface area (Å²) in [4.78, 5) is 40.5. The van der Waals surface area contributed by atoms with Crippen LogP contribution in [0.4, 0.5) is 0 Å². The number of benzene rings is 1. The van der Waals surface area contributed by atoms with Gasteiger partial charge in [-0.05, 0) is 37.8 Å². The first-order valence-electron chi connectivity index (χ1n) is 11.6. The summed E-state index contributed by atoms with van der Waals surface area (Å²) in [7, 11) is 1.76. The third-order valence-electron chi connectivity index (χ3n) is 6.15. The molecule has 1 aromatic carbocycles. The average molecular weight is 430 g/mol. The van der Waals surface area contributed by atoms with Crippen molar-refractivity contribution in [2.45, 2.75) is 76.3 Å². The van der Waals surface area contributed by atoms with Crippen LogP contribution in [0.3, 0.4) is 0 Å². The SMILES string of the molecule is CN1CCCCCCOc2ccccc2C(=O)N[C@H](C(=O)NC2CCCCC2)CC1=O. The number of ether oxygens (including phenoxy) is 1. The lowest BCUT2D eigenvalue weighted by molar-refractivity contribution is -0.134. The Kier molecular flexibility index (Phi) is 8.74. The van der Waals surface area contributed by atoms with Gasteiger partial charge in [0, 0.05) is 19.6 Å². The summed E-state index contributed by atoms with van der Waals surface area (Å²) in [5.41, 5.74) is 0.383. The van der Waals surface area contributed by atoms with E-state index in [1.54, 1.807) is 30.1 Å². The molecule has 7 nitrogen and oxygen atoms in total. The Labute approximate surface area is 184 Å². The second-order valence-corrected chi connectivity index (χ2v) is 8.65. The second-order valence-electron chi connectivity index (χ2n) is 8.65. The summed E-state index contributed by atoms with van der Waals surface area (Å²) in [6.07, 6.45) is 9.01.